The Morgan fingerprint density at radius 2 is 0.690 bits per heavy atom. The molecule has 8 aromatic heterocycles. The Labute approximate surface area is 741 Å². The van der Waals surface area contributed by atoms with Gasteiger partial charge in [0.25, 0.3) is 0 Å². The van der Waals surface area contributed by atoms with Crippen LogP contribution < -0.4 is 21.3 Å². The van der Waals surface area contributed by atoms with Crippen molar-refractivity contribution < 1.29 is 42.8 Å². The molecule has 8 aromatic rings. The van der Waals surface area contributed by atoms with E-state index >= 15 is 0 Å². The molecule has 126 heavy (non-hydrogen) atoms. The molecular formula is C94H139N23O9. The van der Waals surface area contributed by atoms with Gasteiger partial charge >= 0.3 is 6.09 Å². The Hall–Kier alpha value is -8.47. The normalized spacial score (nSPS) is 27.8. The van der Waals surface area contributed by atoms with Gasteiger partial charge in [0.15, 0.2) is 0 Å². The number of anilines is 4. The predicted molar refractivity (Wildman–Crippen MR) is 487 cm³/mol. The minimum absolute atomic E-state index is 0.209. The molecule has 13 aliphatic rings. The maximum Gasteiger partial charge on any atom is 0.409 e. The van der Waals surface area contributed by atoms with Crippen LogP contribution in [-0.2, 0) is 38.0 Å². The molecule has 0 bridgehead atoms. The van der Waals surface area contributed by atoms with Gasteiger partial charge in [-0.25, -0.2) is 44.7 Å². The maximum atomic E-state index is 12.3. The largest absolute Gasteiger partial charge is 0.453 e. The predicted octanol–water partition coefficient (Wildman–Crippen LogP) is 12.4. The van der Waals surface area contributed by atoms with Crippen LogP contribution >= 0.6 is 0 Å². The number of methoxy groups -OCH3 is 1. The molecule has 0 spiro atoms. The van der Waals surface area contributed by atoms with E-state index in [9.17, 15) is 14.4 Å². The molecule has 9 aliphatic heterocycles. The van der Waals surface area contributed by atoms with Gasteiger partial charge in [0.1, 0.15) is 71.2 Å². The van der Waals surface area contributed by atoms with Gasteiger partial charge in [-0.1, -0.05) is 0 Å². The number of H-pyrrole nitrogens is 4. The number of piperidine rings is 2. The number of morpholine rings is 1. The molecule has 684 valence electrons. The summed E-state index contributed by atoms with van der Waals surface area (Å²) in [4.78, 5) is 102. The van der Waals surface area contributed by atoms with Crippen molar-refractivity contribution in [3.63, 3.8) is 0 Å². The zero-order valence-electron chi connectivity index (χ0n) is 75.1. The Balaban J connectivity index is 0.000000114. The Morgan fingerprint density at radius 3 is 1.02 bits per heavy atom. The summed E-state index contributed by atoms with van der Waals surface area (Å²) >= 11 is 0. The standard InChI is InChI=1S/C25H36N6O2.C25H38N6O2.C23H34N6O3.C21H31N5O2/c1-30-21-6-9-31(14-17(21)12-22(30)32)19-4-2-18(3-5-19)29-25-23-20(16-7-10-33-11-8-16)13-26-24(23)27-15-28-25;1-30(2)25(32)18-7-11-31(12-8-18)20-5-3-19(4-6-20)29-24-22-21(17-9-13-33-14-10-17)15-26-23(22)27-16-28-24;1-31-23(30)29-10-8-28(9-11-29)18-4-2-17(3-5-18)27-22-20-19(16-6-12-32-13-7-16)14-24-21(20)25-15-26-22;1-3-17(26-7-11-28-12-8-26)4-2-16(1)25-21-19-18(15-5-9-27-10-6-15)13-22-20(19)23-14-24-21/h13,15-19,21H,2-12,14H2,1H3,(H2,26,27,28,29);15-20H,3-14H2,1-2H3,(H2,26,27,28,29);14-18H,2-13H2,1H3,(H2,24,25,26,27);13-17H,1-12H2,(H2,22,23,24,25)/t17-,18?,19?,21+;;;/m0.../s1. The molecule has 3 amide bonds. The minimum Gasteiger partial charge on any atom is -0.453 e. The van der Waals surface area contributed by atoms with Crippen LogP contribution in [0.2, 0.25) is 0 Å². The zero-order chi connectivity index (χ0) is 85.8. The fraction of sp³-hybridized carbons (Fsp3) is 0.713. The van der Waals surface area contributed by atoms with Crippen molar-refractivity contribution >= 4 is 85.3 Å². The van der Waals surface area contributed by atoms with E-state index in [1.807, 2.05) is 26.0 Å². The van der Waals surface area contributed by atoms with Crippen LogP contribution in [0, 0.1) is 11.8 Å². The number of hydrogen-bond acceptors (Lipinski definition) is 25. The highest BCUT2D eigenvalue weighted by Crippen LogP contribution is 2.43. The SMILES string of the molecule is CN(C)C(=O)C1CCN(C2CCC(Nc3ncnc4[nH]cc(C5CCOCC5)c34)CC2)CC1.CN1C(=O)C[C@H]2CN(C3CCC(Nc4ncnc5[nH]cc(C6CCOCC6)c45)CC3)CC[C@H]21.COC(=O)N1CCN(C2CCC(Nc3ncnc4[nH]cc(C5CCOCC5)c34)CC2)CC1.c1nc(NC2CCC(N3CCOCC3)CC2)c2c(C3CCOCC3)c[nH]c2n1. The number of fused-ring (bicyclic) bond motifs is 5. The second-order valence-corrected chi connectivity index (χ2v) is 38.4. The van der Waals surface area contributed by atoms with Crippen LogP contribution in [0.1, 0.15) is 226 Å². The van der Waals surface area contributed by atoms with E-state index in [-0.39, 0.29) is 12.0 Å². The molecule has 0 aromatic carbocycles. The number of piperazine rings is 1. The molecule has 9 saturated heterocycles. The van der Waals surface area contributed by atoms with Gasteiger partial charge in [-0.15, -0.1) is 0 Å². The first kappa shape index (κ1) is 88.2. The van der Waals surface area contributed by atoms with Crippen molar-refractivity contribution in [2.24, 2.45) is 11.8 Å². The molecule has 17 heterocycles. The smallest absolute Gasteiger partial charge is 0.409 e. The molecule has 8 N–H and O–H groups in total. The molecule has 32 nitrogen and oxygen atoms in total. The van der Waals surface area contributed by atoms with Gasteiger partial charge in [-0.2, -0.15) is 0 Å². The van der Waals surface area contributed by atoms with Crippen LogP contribution in [0.5, 0.6) is 0 Å². The Kier molecular flexibility index (Phi) is 29.4. The third kappa shape index (κ3) is 20.7. The van der Waals surface area contributed by atoms with Crippen molar-refractivity contribution in [2.75, 3.05) is 181 Å². The van der Waals surface area contributed by atoms with Crippen LogP contribution in [0.15, 0.2) is 50.1 Å². The summed E-state index contributed by atoms with van der Waals surface area (Å²) in [5.41, 5.74) is 9.07. The molecule has 0 radical (unpaired) electrons. The molecule has 2 atom stereocenters. The molecule has 21 rings (SSSR count). The monoisotopic (exact) mass is 1730 g/mol. The van der Waals surface area contributed by atoms with Crippen molar-refractivity contribution in [1.82, 2.24) is 94.1 Å². The third-order valence-electron chi connectivity index (χ3n) is 31.0. The van der Waals surface area contributed by atoms with Gasteiger partial charge in [0, 0.05) is 224 Å². The summed E-state index contributed by atoms with van der Waals surface area (Å²) in [6.07, 6.45) is 46.3. The van der Waals surface area contributed by atoms with Crippen LogP contribution in [0.25, 0.3) is 44.1 Å². The summed E-state index contributed by atoms with van der Waals surface area (Å²) in [7, 11) is 7.18. The second kappa shape index (κ2) is 42.0. The number of aromatic amines is 4. The molecular weight excluding hydrogens is 1600 g/mol. The fourth-order valence-electron chi connectivity index (χ4n) is 23.7. The van der Waals surface area contributed by atoms with Crippen molar-refractivity contribution in [2.45, 2.75) is 258 Å². The highest BCUT2D eigenvalue weighted by atomic mass is 16.5. The molecule has 0 unspecified atom stereocenters. The number of rotatable bonds is 17. The number of hydrogen-bond donors (Lipinski definition) is 8. The summed E-state index contributed by atoms with van der Waals surface area (Å²) < 4.78 is 32.6. The number of carbonyl (C=O) groups excluding carboxylic acids is 3. The van der Waals surface area contributed by atoms with Gasteiger partial charge < -0.3 is 89.2 Å². The van der Waals surface area contributed by atoms with E-state index in [0.29, 0.717) is 89.7 Å². The average Bonchev–Trinajstić information content (AvgIpc) is 1.65. The molecule has 13 fully saturated rings. The Bertz CT molecular complexity index is 4810. The number of amides is 3. The first-order valence-corrected chi connectivity index (χ1v) is 48.4. The highest BCUT2D eigenvalue weighted by Gasteiger charge is 2.44. The number of nitrogens with one attached hydrogen (secondary N) is 8. The van der Waals surface area contributed by atoms with Gasteiger partial charge in [-0.05, 0) is 232 Å². The average molecular weight is 1740 g/mol. The van der Waals surface area contributed by atoms with Crippen molar-refractivity contribution in [1.29, 1.82) is 0 Å². The molecule has 32 heteroatoms. The lowest BCUT2D eigenvalue weighted by molar-refractivity contribution is -0.134. The summed E-state index contributed by atoms with van der Waals surface area (Å²) in [5.74, 6) is 7.36. The number of ether oxygens (including phenoxy) is 6. The van der Waals surface area contributed by atoms with E-state index in [0.717, 1.165) is 304 Å². The van der Waals surface area contributed by atoms with Crippen molar-refractivity contribution in [3.8, 4) is 0 Å². The molecule has 4 saturated carbocycles. The lowest BCUT2D eigenvalue weighted by Crippen LogP contribution is -2.53. The number of carbonyl (C=O) groups is 3. The van der Waals surface area contributed by atoms with E-state index in [1.54, 1.807) is 35.1 Å². The van der Waals surface area contributed by atoms with E-state index in [1.165, 1.54) is 110 Å². The summed E-state index contributed by atoms with van der Waals surface area (Å²) in [5, 5.41) is 19.8. The second-order valence-electron chi connectivity index (χ2n) is 38.4. The van der Waals surface area contributed by atoms with Crippen LogP contribution in [0.3, 0.4) is 0 Å². The van der Waals surface area contributed by atoms with E-state index in [4.69, 9.17) is 28.4 Å². The highest BCUT2D eigenvalue weighted by molar-refractivity contribution is 5.94. The number of aromatic nitrogens is 12. The minimum atomic E-state index is -0.210. The number of nitrogens with zero attached hydrogens (tertiary/aromatic N) is 15. The van der Waals surface area contributed by atoms with Crippen molar-refractivity contribution in [3.05, 3.63) is 72.4 Å². The van der Waals surface area contributed by atoms with Gasteiger partial charge in [0.2, 0.25) is 11.8 Å². The fourth-order valence-corrected chi connectivity index (χ4v) is 23.7. The Morgan fingerprint density at radius 1 is 0.381 bits per heavy atom. The van der Waals surface area contributed by atoms with Gasteiger partial charge in [0.05, 0.1) is 41.9 Å². The third-order valence-corrected chi connectivity index (χ3v) is 31.0. The first-order valence-electron chi connectivity index (χ1n) is 48.4. The molecule has 4 aliphatic carbocycles. The first-order chi connectivity index (χ1) is 61.9. The lowest BCUT2D eigenvalue weighted by atomic mass is 9.86. The quantitative estimate of drug-likeness (QED) is 0.0420. The van der Waals surface area contributed by atoms with Gasteiger partial charge in [-0.3, -0.25) is 24.3 Å². The zero-order valence-corrected chi connectivity index (χ0v) is 75.1. The van der Waals surface area contributed by atoms with Crippen LogP contribution in [-0.4, -0.2) is 326 Å². The maximum absolute atomic E-state index is 12.3. The number of likely N-dealkylation sites (tertiary alicyclic amines) is 3. The summed E-state index contributed by atoms with van der Waals surface area (Å²) in [6.45, 7) is 18.3. The van der Waals surface area contributed by atoms with E-state index < -0.39 is 0 Å². The van der Waals surface area contributed by atoms with Crippen LogP contribution in [0.4, 0.5) is 28.1 Å². The lowest BCUT2D eigenvalue weighted by Gasteiger charge is -2.43. The van der Waals surface area contributed by atoms with E-state index in [2.05, 4.69) is 125 Å². The summed E-state index contributed by atoms with van der Waals surface area (Å²) in [6, 6.07) is 4.91. The topological polar surface area (TPSA) is 344 Å².